The first-order chi connectivity index (χ1) is 13.7. The summed E-state index contributed by atoms with van der Waals surface area (Å²) in [6.07, 6.45) is 1.66. The van der Waals surface area contributed by atoms with Crippen molar-refractivity contribution in [1.82, 2.24) is 9.80 Å². The number of nitrogens with zero attached hydrogens (tertiary/aromatic N) is 2. The van der Waals surface area contributed by atoms with Crippen LogP contribution in [0.4, 0.5) is 4.79 Å². The number of carbonyl (C=O) groups excluding carboxylic acids is 2. The average molecular weight is 406 g/mol. The van der Waals surface area contributed by atoms with Gasteiger partial charge in [-0.3, -0.25) is 9.69 Å². The van der Waals surface area contributed by atoms with Gasteiger partial charge in [0.05, 0.1) is 36.8 Å². The van der Waals surface area contributed by atoms with Crippen LogP contribution in [0.3, 0.4) is 0 Å². The van der Waals surface area contributed by atoms with Crippen molar-refractivity contribution in [2.24, 2.45) is 5.92 Å². The Labute approximate surface area is 168 Å². The van der Waals surface area contributed by atoms with E-state index in [2.05, 4.69) is 6.58 Å². The molecule has 9 nitrogen and oxygen atoms in total. The minimum atomic E-state index is -1.21. The third-order valence-electron chi connectivity index (χ3n) is 5.73. The SMILES string of the molecule is C=CCOC(=O)N1C[C@H](O)C[C@H]1C=C(C)C1=C(C(=O)O)N2C(=O)[C@H]([C@@H](C)O)[C@H]2C1. The van der Waals surface area contributed by atoms with Gasteiger partial charge in [-0.2, -0.15) is 0 Å². The number of ether oxygens (including phenoxy) is 1. The number of carboxylic acids is 1. The molecule has 0 unspecified atom stereocenters. The number of aliphatic hydroxyl groups is 2. The zero-order valence-electron chi connectivity index (χ0n) is 16.4. The van der Waals surface area contributed by atoms with Gasteiger partial charge in [-0.25, -0.2) is 9.59 Å². The Balaban J connectivity index is 1.86. The summed E-state index contributed by atoms with van der Waals surface area (Å²) in [5.41, 5.74) is 1.04. The van der Waals surface area contributed by atoms with Crippen molar-refractivity contribution in [3.8, 4) is 0 Å². The molecule has 0 radical (unpaired) electrons. The van der Waals surface area contributed by atoms with Crippen molar-refractivity contribution < 1.29 is 34.4 Å². The van der Waals surface area contributed by atoms with Crippen LogP contribution in [0.2, 0.25) is 0 Å². The molecule has 0 aromatic heterocycles. The summed E-state index contributed by atoms with van der Waals surface area (Å²) in [5.74, 6) is -2.22. The highest BCUT2D eigenvalue weighted by Gasteiger charge is 2.56. The Morgan fingerprint density at radius 1 is 1.41 bits per heavy atom. The summed E-state index contributed by atoms with van der Waals surface area (Å²) in [7, 11) is 0. The maximum absolute atomic E-state index is 12.3. The van der Waals surface area contributed by atoms with Crippen LogP contribution in [-0.2, 0) is 14.3 Å². The second kappa shape index (κ2) is 8.00. The van der Waals surface area contributed by atoms with Crippen LogP contribution in [0.15, 0.2) is 35.6 Å². The van der Waals surface area contributed by atoms with E-state index >= 15 is 0 Å². The van der Waals surface area contributed by atoms with E-state index in [1.54, 1.807) is 13.0 Å². The molecular formula is C20H26N2O7. The molecule has 0 saturated carbocycles. The van der Waals surface area contributed by atoms with Crippen molar-refractivity contribution in [3.63, 3.8) is 0 Å². The molecular weight excluding hydrogens is 380 g/mol. The Kier molecular flexibility index (Phi) is 5.81. The van der Waals surface area contributed by atoms with Crippen LogP contribution in [0.5, 0.6) is 0 Å². The largest absolute Gasteiger partial charge is 0.477 e. The monoisotopic (exact) mass is 406 g/mol. The molecule has 3 aliphatic heterocycles. The minimum absolute atomic E-state index is 0.0502. The van der Waals surface area contributed by atoms with Crippen LogP contribution in [-0.4, -0.2) is 80.5 Å². The molecule has 29 heavy (non-hydrogen) atoms. The average Bonchev–Trinajstić information content (AvgIpc) is 3.17. The van der Waals surface area contributed by atoms with Gasteiger partial charge in [-0.1, -0.05) is 18.7 Å². The summed E-state index contributed by atoms with van der Waals surface area (Å²) in [4.78, 5) is 39.0. The minimum Gasteiger partial charge on any atom is -0.477 e. The highest BCUT2D eigenvalue weighted by molar-refractivity contribution is 6.00. The second-order valence-electron chi connectivity index (χ2n) is 7.70. The number of rotatable bonds is 6. The molecule has 0 aromatic rings. The number of carboxylic acid groups (broad SMARTS) is 1. The van der Waals surface area contributed by atoms with E-state index in [0.29, 0.717) is 24.0 Å². The normalized spacial score (nSPS) is 30.2. The lowest BCUT2D eigenvalue weighted by Crippen LogP contribution is -2.61. The van der Waals surface area contributed by atoms with Crippen molar-refractivity contribution in [2.45, 2.75) is 51.0 Å². The number of aliphatic hydroxyl groups excluding tert-OH is 2. The third kappa shape index (κ3) is 3.67. The smallest absolute Gasteiger partial charge is 0.410 e. The number of amides is 2. The number of carbonyl (C=O) groups is 3. The molecule has 0 aliphatic carbocycles. The number of hydrogen-bond acceptors (Lipinski definition) is 6. The van der Waals surface area contributed by atoms with Gasteiger partial charge < -0.3 is 25.0 Å². The van der Waals surface area contributed by atoms with Gasteiger partial charge in [0.25, 0.3) is 0 Å². The van der Waals surface area contributed by atoms with Gasteiger partial charge in [0.2, 0.25) is 5.91 Å². The van der Waals surface area contributed by atoms with Crippen LogP contribution in [0.1, 0.15) is 26.7 Å². The Hall–Kier alpha value is -2.65. The van der Waals surface area contributed by atoms with E-state index in [-0.39, 0.29) is 24.9 Å². The third-order valence-corrected chi connectivity index (χ3v) is 5.73. The first-order valence-electron chi connectivity index (χ1n) is 9.56. The molecule has 158 valence electrons. The number of β-lactam (4-membered cyclic amide) rings is 1. The summed E-state index contributed by atoms with van der Waals surface area (Å²) in [6.45, 7) is 6.91. The summed E-state index contributed by atoms with van der Waals surface area (Å²) in [6, 6.07) is -0.837. The number of β-amino-alcohol motifs (C(OH)–C–C–N with tert-alkyl or cyclic N) is 1. The van der Waals surface area contributed by atoms with Crippen molar-refractivity contribution in [1.29, 1.82) is 0 Å². The summed E-state index contributed by atoms with van der Waals surface area (Å²) < 4.78 is 5.06. The molecule has 0 spiro atoms. The molecule has 2 fully saturated rings. The molecule has 0 aromatic carbocycles. The van der Waals surface area contributed by atoms with Gasteiger partial charge in [0, 0.05) is 0 Å². The molecule has 9 heteroatoms. The topological polar surface area (TPSA) is 128 Å². The molecule has 3 rings (SSSR count). The lowest BCUT2D eigenvalue weighted by Gasteiger charge is -2.44. The van der Waals surface area contributed by atoms with E-state index in [9.17, 15) is 29.7 Å². The lowest BCUT2D eigenvalue weighted by molar-refractivity contribution is -0.161. The van der Waals surface area contributed by atoms with E-state index in [1.807, 2.05) is 0 Å². The van der Waals surface area contributed by atoms with E-state index < -0.39 is 42.1 Å². The zero-order valence-corrected chi connectivity index (χ0v) is 16.4. The first kappa shape index (κ1) is 21.1. The van der Waals surface area contributed by atoms with Crippen LogP contribution < -0.4 is 0 Å². The number of aliphatic carboxylic acids is 1. The van der Waals surface area contributed by atoms with Gasteiger partial charge >= 0.3 is 12.1 Å². The maximum Gasteiger partial charge on any atom is 0.410 e. The number of fused-ring (bicyclic) bond motifs is 1. The van der Waals surface area contributed by atoms with Crippen molar-refractivity contribution in [3.05, 3.63) is 35.6 Å². The second-order valence-corrected chi connectivity index (χ2v) is 7.70. The highest BCUT2D eigenvalue weighted by Crippen LogP contribution is 2.45. The lowest BCUT2D eigenvalue weighted by atomic mass is 9.82. The Morgan fingerprint density at radius 2 is 2.10 bits per heavy atom. The van der Waals surface area contributed by atoms with Gasteiger partial charge in [0.1, 0.15) is 12.3 Å². The highest BCUT2D eigenvalue weighted by atomic mass is 16.6. The van der Waals surface area contributed by atoms with Crippen LogP contribution >= 0.6 is 0 Å². The summed E-state index contributed by atoms with van der Waals surface area (Å²) in [5, 5.41) is 29.5. The number of allylic oxidation sites excluding steroid dienone is 1. The number of hydrogen-bond donors (Lipinski definition) is 3. The standard InChI is InChI=1S/C20H26N2O7/c1-4-5-29-20(28)21-9-13(24)7-12(21)6-10(2)14-8-15-16(11(3)23)18(25)22(15)17(14)19(26)27/h4,6,11-13,15-16,23-24H,1,5,7-9H2,2-3H3,(H,26,27)/t11-,12-,13-,15-,16-/m1/s1. The van der Waals surface area contributed by atoms with Crippen LogP contribution in [0, 0.1) is 5.92 Å². The maximum atomic E-state index is 12.3. The predicted octanol–water partition coefficient (Wildman–Crippen LogP) is 0.641. The quantitative estimate of drug-likeness (QED) is 0.436. The van der Waals surface area contributed by atoms with E-state index in [0.717, 1.165) is 0 Å². The molecule has 3 aliphatic rings. The molecule has 2 amide bonds. The van der Waals surface area contributed by atoms with Gasteiger partial charge in [0.15, 0.2) is 0 Å². The Morgan fingerprint density at radius 3 is 2.69 bits per heavy atom. The van der Waals surface area contributed by atoms with Crippen molar-refractivity contribution in [2.75, 3.05) is 13.2 Å². The fourth-order valence-corrected chi connectivity index (χ4v) is 4.43. The molecule has 2 saturated heterocycles. The van der Waals surface area contributed by atoms with Gasteiger partial charge in [-0.15, -0.1) is 0 Å². The van der Waals surface area contributed by atoms with E-state index in [1.165, 1.54) is 22.8 Å². The van der Waals surface area contributed by atoms with E-state index in [4.69, 9.17) is 4.74 Å². The molecule has 3 heterocycles. The van der Waals surface area contributed by atoms with Crippen LogP contribution in [0.25, 0.3) is 0 Å². The zero-order chi connectivity index (χ0) is 21.5. The molecule has 3 N–H and O–H groups in total. The number of likely N-dealkylation sites (tertiary alicyclic amines) is 1. The fourth-order valence-electron chi connectivity index (χ4n) is 4.43. The van der Waals surface area contributed by atoms with Gasteiger partial charge in [-0.05, 0) is 37.8 Å². The molecule has 5 atom stereocenters. The van der Waals surface area contributed by atoms with Crippen molar-refractivity contribution >= 4 is 18.0 Å². The Bertz CT molecular complexity index is 801. The summed E-state index contributed by atoms with van der Waals surface area (Å²) >= 11 is 0. The first-order valence-corrected chi connectivity index (χ1v) is 9.56. The fraction of sp³-hybridized carbons (Fsp3) is 0.550. The molecule has 0 bridgehead atoms. The predicted molar refractivity (Wildman–Crippen MR) is 102 cm³/mol.